The Balaban J connectivity index is 2.46. The molecule has 1 heterocycles. The first kappa shape index (κ1) is 20.0. The molecule has 0 aromatic heterocycles. The zero-order valence-corrected chi connectivity index (χ0v) is 16.5. The first-order chi connectivity index (χ1) is 11.7. The van der Waals surface area contributed by atoms with Crippen molar-refractivity contribution in [1.82, 2.24) is 4.72 Å². The maximum absolute atomic E-state index is 12.7. The van der Waals surface area contributed by atoms with Crippen molar-refractivity contribution in [2.75, 3.05) is 29.8 Å². The first-order valence-electron chi connectivity index (χ1n) is 8.44. The molecular formula is C16H26N2O5S2. The normalized spacial score (nSPS) is 17.7. The van der Waals surface area contributed by atoms with E-state index in [1.165, 1.54) is 16.4 Å². The van der Waals surface area contributed by atoms with Gasteiger partial charge in [0, 0.05) is 13.1 Å². The zero-order chi connectivity index (χ0) is 18.7. The quantitative estimate of drug-likeness (QED) is 0.768. The lowest BCUT2D eigenvalue weighted by Crippen LogP contribution is -2.38. The highest BCUT2D eigenvalue weighted by atomic mass is 32.2. The Morgan fingerprint density at radius 2 is 2.00 bits per heavy atom. The van der Waals surface area contributed by atoms with E-state index in [2.05, 4.69) is 4.72 Å². The largest absolute Gasteiger partial charge is 0.492 e. The van der Waals surface area contributed by atoms with Gasteiger partial charge in [0.1, 0.15) is 10.6 Å². The number of nitrogens with one attached hydrogen (secondary N) is 1. The number of rotatable bonds is 7. The Morgan fingerprint density at radius 3 is 2.60 bits per heavy atom. The van der Waals surface area contributed by atoms with Gasteiger partial charge < -0.3 is 4.74 Å². The standard InChI is InChI=1S/C16H26N2O5S2/c1-4-23-15-8-7-14(18-9-5-6-10-24(18,19)20)11-16(15)25(21,22)17-12-13(2)3/h7-8,11,13,17H,4-6,9-10,12H2,1-3H3. The van der Waals surface area contributed by atoms with Crippen molar-refractivity contribution < 1.29 is 21.6 Å². The van der Waals surface area contributed by atoms with E-state index in [9.17, 15) is 16.8 Å². The Morgan fingerprint density at radius 1 is 1.28 bits per heavy atom. The van der Waals surface area contributed by atoms with Gasteiger partial charge >= 0.3 is 0 Å². The molecule has 0 saturated carbocycles. The second-order valence-corrected chi connectivity index (χ2v) is 10.2. The van der Waals surface area contributed by atoms with Crippen LogP contribution in [0, 0.1) is 5.92 Å². The summed E-state index contributed by atoms with van der Waals surface area (Å²) >= 11 is 0. The smallest absolute Gasteiger partial charge is 0.244 e. The monoisotopic (exact) mass is 390 g/mol. The summed E-state index contributed by atoms with van der Waals surface area (Å²) in [5.41, 5.74) is 0.355. The van der Waals surface area contributed by atoms with Gasteiger partial charge in [-0.05, 0) is 43.9 Å². The van der Waals surface area contributed by atoms with Gasteiger partial charge in [0.05, 0.1) is 18.0 Å². The molecule has 0 atom stereocenters. The Labute approximate surface area is 150 Å². The fourth-order valence-electron chi connectivity index (χ4n) is 2.57. The molecule has 0 aliphatic carbocycles. The van der Waals surface area contributed by atoms with E-state index >= 15 is 0 Å². The molecular weight excluding hydrogens is 364 g/mol. The van der Waals surface area contributed by atoms with Crippen molar-refractivity contribution in [3.05, 3.63) is 18.2 Å². The minimum absolute atomic E-state index is 0.0340. The van der Waals surface area contributed by atoms with E-state index in [4.69, 9.17) is 4.74 Å². The molecule has 1 aliphatic rings. The number of hydrogen-bond acceptors (Lipinski definition) is 5. The third-order valence-electron chi connectivity index (χ3n) is 3.84. The topological polar surface area (TPSA) is 92.8 Å². The second kappa shape index (κ2) is 7.92. The lowest BCUT2D eigenvalue weighted by molar-refractivity contribution is 0.331. The molecule has 2 rings (SSSR count). The van der Waals surface area contributed by atoms with E-state index in [0.717, 1.165) is 6.42 Å². The van der Waals surface area contributed by atoms with E-state index in [0.29, 0.717) is 31.8 Å². The Hall–Kier alpha value is -1.32. The van der Waals surface area contributed by atoms with Crippen LogP contribution < -0.4 is 13.8 Å². The van der Waals surface area contributed by atoms with Gasteiger partial charge in [-0.2, -0.15) is 0 Å². The third-order valence-corrected chi connectivity index (χ3v) is 7.15. The highest BCUT2D eigenvalue weighted by molar-refractivity contribution is 7.92. The molecule has 1 aromatic rings. The van der Waals surface area contributed by atoms with E-state index in [-0.39, 0.29) is 22.3 Å². The number of benzene rings is 1. The van der Waals surface area contributed by atoms with Gasteiger partial charge in [-0.1, -0.05) is 13.8 Å². The van der Waals surface area contributed by atoms with Crippen molar-refractivity contribution >= 4 is 25.7 Å². The molecule has 1 N–H and O–H groups in total. The fourth-order valence-corrected chi connectivity index (χ4v) is 5.58. The summed E-state index contributed by atoms with van der Waals surface area (Å²) in [5.74, 6) is 0.446. The van der Waals surface area contributed by atoms with Crippen LogP contribution in [-0.2, 0) is 20.0 Å². The van der Waals surface area contributed by atoms with Crippen LogP contribution in [0.5, 0.6) is 5.75 Å². The van der Waals surface area contributed by atoms with Crippen molar-refractivity contribution in [3.8, 4) is 5.75 Å². The Kier molecular flexibility index (Phi) is 6.34. The fraction of sp³-hybridized carbons (Fsp3) is 0.625. The maximum Gasteiger partial charge on any atom is 0.244 e. The van der Waals surface area contributed by atoms with Crippen LogP contribution in [0.1, 0.15) is 33.6 Å². The summed E-state index contributed by atoms with van der Waals surface area (Å²) in [6, 6.07) is 4.50. The molecule has 1 aromatic carbocycles. The molecule has 0 bridgehead atoms. The summed E-state index contributed by atoms with van der Waals surface area (Å²) in [5, 5.41) is 0. The number of sulfonamides is 2. The molecule has 1 aliphatic heterocycles. The van der Waals surface area contributed by atoms with Crippen LogP contribution in [0.4, 0.5) is 5.69 Å². The summed E-state index contributed by atoms with van der Waals surface area (Å²) in [6.45, 7) is 6.54. The number of ether oxygens (including phenoxy) is 1. The number of anilines is 1. The highest BCUT2D eigenvalue weighted by Gasteiger charge is 2.28. The molecule has 25 heavy (non-hydrogen) atoms. The van der Waals surface area contributed by atoms with Gasteiger partial charge in [0.2, 0.25) is 20.0 Å². The molecule has 7 nitrogen and oxygen atoms in total. The molecule has 1 saturated heterocycles. The first-order valence-corrected chi connectivity index (χ1v) is 11.5. The molecule has 1 fully saturated rings. The van der Waals surface area contributed by atoms with E-state index in [1.807, 2.05) is 13.8 Å². The molecule has 0 radical (unpaired) electrons. The van der Waals surface area contributed by atoms with Crippen LogP contribution in [0.3, 0.4) is 0 Å². The van der Waals surface area contributed by atoms with Crippen LogP contribution in [0.15, 0.2) is 23.1 Å². The van der Waals surface area contributed by atoms with E-state index in [1.54, 1.807) is 13.0 Å². The summed E-state index contributed by atoms with van der Waals surface area (Å²) in [6.07, 6.45) is 1.37. The van der Waals surface area contributed by atoms with Gasteiger partial charge in [0.15, 0.2) is 0 Å². The molecule has 0 unspecified atom stereocenters. The van der Waals surface area contributed by atoms with Crippen LogP contribution in [-0.4, -0.2) is 42.3 Å². The van der Waals surface area contributed by atoms with Gasteiger partial charge in [-0.3, -0.25) is 4.31 Å². The summed E-state index contributed by atoms with van der Waals surface area (Å²) in [7, 11) is -7.22. The SMILES string of the molecule is CCOc1ccc(N2CCCCS2(=O)=O)cc1S(=O)(=O)NCC(C)C. The molecule has 9 heteroatoms. The zero-order valence-electron chi connectivity index (χ0n) is 14.9. The maximum atomic E-state index is 12.7. The minimum atomic E-state index is -3.80. The summed E-state index contributed by atoms with van der Waals surface area (Å²) < 4.78 is 59.2. The van der Waals surface area contributed by atoms with Gasteiger partial charge in [-0.25, -0.2) is 21.6 Å². The van der Waals surface area contributed by atoms with Crippen molar-refractivity contribution in [2.24, 2.45) is 5.92 Å². The lowest BCUT2D eigenvalue weighted by Gasteiger charge is -2.29. The molecule has 0 spiro atoms. The average Bonchev–Trinajstić information content (AvgIpc) is 2.53. The van der Waals surface area contributed by atoms with Crippen LogP contribution >= 0.6 is 0 Å². The minimum Gasteiger partial charge on any atom is -0.492 e. The van der Waals surface area contributed by atoms with Gasteiger partial charge in [-0.15, -0.1) is 0 Å². The average molecular weight is 391 g/mol. The second-order valence-electron chi connectivity index (χ2n) is 6.41. The Bertz CT molecular complexity index is 804. The summed E-state index contributed by atoms with van der Waals surface area (Å²) in [4.78, 5) is -0.0340. The molecule has 142 valence electrons. The van der Waals surface area contributed by atoms with Crippen molar-refractivity contribution in [2.45, 2.75) is 38.5 Å². The van der Waals surface area contributed by atoms with Crippen LogP contribution in [0.2, 0.25) is 0 Å². The predicted molar refractivity (Wildman–Crippen MR) is 98.0 cm³/mol. The van der Waals surface area contributed by atoms with Crippen molar-refractivity contribution in [1.29, 1.82) is 0 Å². The van der Waals surface area contributed by atoms with E-state index < -0.39 is 20.0 Å². The van der Waals surface area contributed by atoms with Crippen LogP contribution in [0.25, 0.3) is 0 Å². The lowest BCUT2D eigenvalue weighted by atomic mass is 10.2. The van der Waals surface area contributed by atoms with Crippen molar-refractivity contribution in [3.63, 3.8) is 0 Å². The number of hydrogen-bond donors (Lipinski definition) is 1. The predicted octanol–water partition coefficient (Wildman–Crippen LogP) is 1.95. The molecule has 0 amide bonds. The van der Waals surface area contributed by atoms with Gasteiger partial charge in [0.25, 0.3) is 0 Å². The third kappa shape index (κ3) is 4.86. The highest BCUT2D eigenvalue weighted by Crippen LogP contribution is 2.32. The number of nitrogens with zero attached hydrogens (tertiary/aromatic N) is 1.